The third-order valence-corrected chi connectivity index (χ3v) is 5.26. The number of carbonyl (C=O) groups excluding carboxylic acids is 2. The van der Waals surface area contributed by atoms with Crippen molar-refractivity contribution in [3.63, 3.8) is 0 Å². The van der Waals surface area contributed by atoms with Gasteiger partial charge in [0.05, 0.1) is 11.8 Å². The highest BCUT2D eigenvalue weighted by Crippen LogP contribution is 2.40. The molecule has 2 aliphatic carbocycles. The van der Waals surface area contributed by atoms with Gasteiger partial charge in [0.15, 0.2) is 0 Å². The second kappa shape index (κ2) is 7.77. The van der Waals surface area contributed by atoms with E-state index in [-0.39, 0.29) is 23.7 Å². The predicted molar refractivity (Wildman–Crippen MR) is 92.2 cm³/mol. The van der Waals surface area contributed by atoms with Crippen molar-refractivity contribution in [3.8, 4) is 0 Å². The third-order valence-electron chi connectivity index (χ3n) is 5.26. The van der Waals surface area contributed by atoms with Crippen LogP contribution < -0.4 is 5.32 Å². The first-order valence-corrected chi connectivity index (χ1v) is 9.09. The van der Waals surface area contributed by atoms with Gasteiger partial charge in [-0.3, -0.25) is 14.6 Å². The van der Waals surface area contributed by atoms with Crippen LogP contribution in [0.25, 0.3) is 0 Å². The summed E-state index contributed by atoms with van der Waals surface area (Å²) in [6.45, 7) is 0.677. The van der Waals surface area contributed by atoms with Crippen molar-refractivity contribution in [2.75, 3.05) is 13.6 Å². The van der Waals surface area contributed by atoms with Crippen molar-refractivity contribution in [1.82, 2.24) is 15.2 Å². The number of hydrogen-bond acceptors (Lipinski definition) is 3. The molecule has 130 valence electrons. The average molecular weight is 329 g/mol. The van der Waals surface area contributed by atoms with Crippen LogP contribution in [-0.4, -0.2) is 41.3 Å². The van der Waals surface area contributed by atoms with Gasteiger partial charge in [-0.25, -0.2) is 0 Å². The van der Waals surface area contributed by atoms with Gasteiger partial charge in [-0.1, -0.05) is 19.3 Å². The van der Waals surface area contributed by atoms with Gasteiger partial charge >= 0.3 is 0 Å². The lowest BCUT2D eigenvalue weighted by atomic mass is 9.95. The van der Waals surface area contributed by atoms with Crippen LogP contribution in [0.4, 0.5) is 0 Å². The van der Waals surface area contributed by atoms with E-state index in [0.29, 0.717) is 19.0 Å². The van der Waals surface area contributed by atoms with Gasteiger partial charge in [0.2, 0.25) is 11.8 Å². The third kappa shape index (κ3) is 4.34. The Hall–Kier alpha value is -1.91. The molecule has 5 heteroatoms. The van der Waals surface area contributed by atoms with E-state index in [0.717, 1.165) is 19.3 Å². The van der Waals surface area contributed by atoms with Crippen LogP contribution in [0.5, 0.6) is 0 Å². The molecule has 0 bridgehead atoms. The number of pyridine rings is 1. The molecule has 0 aromatic carbocycles. The maximum absolute atomic E-state index is 12.5. The molecule has 1 aromatic rings. The minimum atomic E-state index is -0.115. The quantitative estimate of drug-likeness (QED) is 0.870. The van der Waals surface area contributed by atoms with Crippen molar-refractivity contribution in [2.45, 2.75) is 51.0 Å². The molecule has 24 heavy (non-hydrogen) atoms. The molecular weight excluding hydrogens is 302 g/mol. The van der Waals surface area contributed by atoms with Gasteiger partial charge in [0, 0.05) is 32.0 Å². The smallest absolute Gasteiger partial charge is 0.226 e. The summed E-state index contributed by atoms with van der Waals surface area (Å²) in [4.78, 5) is 30.5. The van der Waals surface area contributed by atoms with Crippen molar-refractivity contribution < 1.29 is 9.59 Å². The summed E-state index contributed by atoms with van der Waals surface area (Å²) < 4.78 is 0. The first-order chi connectivity index (χ1) is 11.6. The molecule has 2 atom stereocenters. The molecular formula is C19H27N3O2. The lowest BCUT2D eigenvalue weighted by molar-refractivity contribution is -0.133. The molecule has 2 unspecified atom stereocenters. The number of nitrogens with zero attached hydrogens (tertiary/aromatic N) is 2. The first-order valence-electron chi connectivity index (χ1n) is 9.09. The average Bonchev–Trinajstić information content (AvgIpc) is 3.41. The standard InChI is InChI=1S/C19H27N3O2/c1-22(12-9-14-7-10-20-11-8-14)19(24)17-13-16(17)18(23)21-15-5-3-2-4-6-15/h7-8,10-11,15-17H,2-6,9,12-13H2,1H3,(H,21,23). The second-order valence-electron chi connectivity index (χ2n) is 7.16. The molecule has 0 radical (unpaired) electrons. The number of hydrogen-bond donors (Lipinski definition) is 1. The van der Waals surface area contributed by atoms with Gasteiger partial charge < -0.3 is 10.2 Å². The molecule has 3 rings (SSSR count). The van der Waals surface area contributed by atoms with Crippen molar-refractivity contribution in [3.05, 3.63) is 30.1 Å². The summed E-state index contributed by atoms with van der Waals surface area (Å²) in [5.74, 6) is -0.0329. The summed E-state index contributed by atoms with van der Waals surface area (Å²) in [7, 11) is 1.83. The summed E-state index contributed by atoms with van der Waals surface area (Å²) in [5.41, 5.74) is 1.17. The highest BCUT2D eigenvalue weighted by Gasteiger charge is 2.49. The zero-order valence-electron chi connectivity index (χ0n) is 14.4. The molecule has 0 aliphatic heterocycles. The van der Waals surface area contributed by atoms with Crippen LogP contribution in [-0.2, 0) is 16.0 Å². The zero-order valence-corrected chi connectivity index (χ0v) is 14.4. The van der Waals surface area contributed by atoms with Crippen LogP contribution in [0, 0.1) is 11.8 Å². The molecule has 2 aliphatic rings. The fourth-order valence-corrected chi connectivity index (χ4v) is 3.55. The first kappa shape index (κ1) is 16.9. The molecule has 1 N–H and O–H groups in total. The maximum Gasteiger partial charge on any atom is 0.226 e. The van der Waals surface area contributed by atoms with E-state index >= 15 is 0 Å². The highest BCUT2D eigenvalue weighted by molar-refractivity contribution is 5.92. The van der Waals surface area contributed by atoms with Crippen LogP contribution in [0.15, 0.2) is 24.5 Å². The Morgan fingerprint density at radius 1 is 1.17 bits per heavy atom. The molecule has 2 fully saturated rings. The Kier molecular flexibility index (Phi) is 5.48. The Labute approximate surface area is 143 Å². The number of carbonyl (C=O) groups is 2. The molecule has 0 spiro atoms. The van der Waals surface area contributed by atoms with E-state index in [1.54, 1.807) is 17.3 Å². The van der Waals surface area contributed by atoms with Crippen LogP contribution in [0.1, 0.15) is 44.1 Å². The van der Waals surface area contributed by atoms with E-state index in [2.05, 4.69) is 10.3 Å². The fourth-order valence-electron chi connectivity index (χ4n) is 3.55. The lowest BCUT2D eigenvalue weighted by Gasteiger charge is -2.23. The van der Waals surface area contributed by atoms with Gasteiger partial charge in [0.25, 0.3) is 0 Å². The van der Waals surface area contributed by atoms with Crippen LogP contribution in [0.2, 0.25) is 0 Å². The number of aromatic nitrogens is 1. The molecule has 1 aromatic heterocycles. The molecule has 2 amide bonds. The van der Waals surface area contributed by atoms with Gasteiger partial charge in [0.1, 0.15) is 0 Å². The molecule has 1 heterocycles. The Morgan fingerprint density at radius 3 is 2.58 bits per heavy atom. The van der Waals surface area contributed by atoms with Crippen molar-refractivity contribution >= 4 is 11.8 Å². The largest absolute Gasteiger partial charge is 0.353 e. The number of amides is 2. The van der Waals surface area contributed by atoms with Crippen LogP contribution >= 0.6 is 0 Å². The minimum absolute atomic E-state index is 0.0859. The normalized spacial score (nSPS) is 23.5. The maximum atomic E-state index is 12.5. The number of likely N-dealkylation sites (N-methyl/N-ethyl adjacent to an activating group) is 1. The molecule has 2 saturated carbocycles. The molecule has 0 saturated heterocycles. The summed E-state index contributed by atoms with van der Waals surface area (Å²) in [5, 5.41) is 3.15. The predicted octanol–water partition coefficient (Wildman–Crippen LogP) is 2.17. The van der Waals surface area contributed by atoms with E-state index in [4.69, 9.17) is 0 Å². The minimum Gasteiger partial charge on any atom is -0.353 e. The van der Waals surface area contributed by atoms with Gasteiger partial charge in [-0.2, -0.15) is 0 Å². The molecule has 5 nitrogen and oxygen atoms in total. The highest BCUT2D eigenvalue weighted by atomic mass is 16.2. The monoisotopic (exact) mass is 329 g/mol. The van der Waals surface area contributed by atoms with Crippen LogP contribution in [0.3, 0.4) is 0 Å². The topological polar surface area (TPSA) is 62.3 Å². The summed E-state index contributed by atoms with van der Waals surface area (Å²) in [6, 6.07) is 4.26. The summed E-state index contributed by atoms with van der Waals surface area (Å²) >= 11 is 0. The summed E-state index contributed by atoms with van der Waals surface area (Å²) in [6.07, 6.45) is 10.9. The van der Waals surface area contributed by atoms with E-state index in [1.807, 2.05) is 19.2 Å². The Bertz CT molecular complexity index is 569. The van der Waals surface area contributed by atoms with E-state index in [1.165, 1.54) is 24.8 Å². The van der Waals surface area contributed by atoms with Gasteiger partial charge in [-0.05, 0) is 43.4 Å². The zero-order chi connectivity index (χ0) is 16.9. The second-order valence-corrected chi connectivity index (χ2v) is 7.16. The van der Waals surface area contributed by atoms with E-state index < -0.39 is 0 Å². The van der Waals surface area contributed by atoms with Crippen molar-refractivity contribution in [1.29, 1.82) is 0 Å². The lowest BCUT2D eigenvalue weighted by Crippen LogP contribution is -2.38. The number of rotatable bonds is 6. The van der Waals surface area contributed by atoms with Gasteiger partial charge in [-0.15, -0.1) is 0 Å². The van der Waals surface area contributed by atoms with Crippen molar-refractivity contribution in [2.24, 2.45) is 11.8 Å². The Balaban J connectivity index is 1.42. The Morgan fingerprint density at radius 2 is 1.88 bits per heavy atom. The van der Waals surface area contributed by atoms with E-state index in [9.17, 15) is 9.59 Å². The fraction of sp³-hybridized carbons (Fsp3) is 0.632. The number of nitrogens with one attached hydrogen (secondary N) is 1. The SMILES string of the molecule is CN(CCc1ccncc1)C(=O)C1CC1C(=O)NC1CCCCC1.